The third-order valence-corrected chi connectivity index (χ3v) is 8.21. The molecule has 0 bridgehead atoms. The maximum Gasteiger partial charge on any atom is 0.303 e. The summed E-state index contributed by atoms with van der Waals surface area (Å²) in [6.07, 6.45) is 0.169. The van der Waals surface area contributed by atoms with Crippen LogP contribution in [-0.2, 0) is 35.1 Å². The van der Waals surface area contributed by atoms with Crippen LogP contribution < -0.4 is 21.3 Å². The summed E-state index contributed by atoms with van der Waals surface area (Å²) in [5.41, 5.74) is 5.16. The zero-order valence-electron chi connectivity index (χ0n) is 25.5. The number of hydrogen-bond acceptors (Lipinski definition) is 11. The number of halogens is 3. The molecule has 11 nitrogen and oxygen atoms in total. The molecule has 0 amide bonds. The number of Topliss-reactive ketones (excluding diaryl/α,β-unsaturated/α-hetero) is 1. The van der Waals surface area contributed by atoms with Gasteiger partial charge in [0.25, 0.3) is 5.56 Å². The van der Waals surface area contributed by atoms with Crippen molar-refractivity contribution < 1.29 is 46.5 Å². The molecule has 0 spiro atoms. The van der Waals surface area contributed by atoms with Crippen molar-refractivity contribution in [2.45, 2.75) is 42.9 Å². The molecule has 2 heterocycles. The van der Waals surface area contributed by atoms with Crippen LogP contribution in [-0.4, -0.2) is 60.2 Å². The van der Waals surface area contributed by atoms with Crippen LogP contribution in [0.15, 0.2) is 70.6 Å². The van der Waals surface area contributed by atoms with E-state index >= 15 is 0 Å². The molecule has 4 unspecified atom stereocenters. The minimum atomic E-state index is -1.65. The van der Waals surface area contributed by atoms with Crippen molar-refractivity contribution in [3.63, 3.8) is 0 Å². The van der Waals surface area contributed by atoms with E-state index < -0.39 is 65.3 Å². The molecule has 47 heavy (non-hydrogen) atoms. The Morgan fingerprint density at radius 1 is 1.04 bits per heavy atom. The Kier molecular flexibility index (Phi) is 11.7. The molecule has 250 valence electrons. The predicted molar refractivity (Wildman–Crippen MR) is 164 cm³/mol. The number of hydrogen-bond donors (Lipinski definition) is 2. The molecule has 3 aromatic rings. The summed E-state index contributed by atoms with van der Waals surface area (Å²) >= 11 is 1.04. The number of carbonyl (C=O) groups excluding carboxylic acids is 3. The standard InChI is InChI=1S/C32H32F3N3O8S/c1-17(39)44-16-27-31(45-18(2)40)30(42)23(13-37-14-26(36)20-10-24(33)29(35)25(34)11-20)32(46-27)47-22-8-9-38(28(41)12-22)15-19-4-6-21(43-3)7-5-19/h4-12,14,23,27,31-32,37H,13,15-16,36H2,1-3H3/b26-14-. The number of methoxy groups -OCH3 is 1. The zero-order valence-corrected chi connectivity index (χ0v) is 26.4. The smallest absolute Gasteiger partial charge is 0.303 e. The highest BCUT2D eigenvalue weighted by atomic mass is 32.2. The molecule has 1 saturated heterocycles. The van der Waals surface area contributed by atoms with Crippen LogP contribution in [0.1, 0.15) is 25.0 Å². The molecule has 4 rings (SSSR count). The number of benzene rings is 2. The van der Waals surface area contributed by atoms with Crippen molar-refractivity contribution in [3.8, 4) is 5.75 Å². The normalized spacial score (nSPS) is 19.6. The second kappa shape index (κ2) is 15.7. The molecule has 15 heteroatoms. The Morgan fingerprint density at radius 2 is 1.72 bits per heavy atom. The quantitative estimate of drug-likeness (QED) is 0.215. The van der Waals surface area contributed by atoms with Crippen molar-refractivity contribution in [2.75, 3.05) is 20.3 Å². The lowest BCUT2D eigenvalue weighted by Gasteiger charge is -2.39. The Balaban J connectivity index is 1.58. The highest BCUT2D eigenvalue weighted by Gasteiger charge is 2.47. The van der Waals surface area contributed by atoms with Gasteiger partial charge in [0.05, 0.1) is 25.3 Å². The highest BCUT2D eigenvalue weighted by molar-refractivity contribution is 7.99. The summed E-state index contributed by atoms with van der Waals surface area (Å²) in [5, 5.41) is 2.81. The largest absolute Gasteiger partial charge is 0.497 e. The van der Waals surface area contributed by atoms with Crippen LogP contribution in [0.3, 0.4) is 0 Å². The molecule has 1 aliphatic rings. The van der Waals surface area contributed by atoms with E-state index in [0.29, 0.717) is 29.3 Å². The summed E-state index contributed by atoms with van der Waals surface area (Å²) in [7, 11) is 1.56. The average Bonchev–Trinajstić information content (AvgIpc) is 3.02. The minimum absolute atomic E-state index is 0.152. The van der Waals surface area contributed by atoms with Crippen molar-refractivity contribution in [1.29, 1.82) is 0 Å². The SMILES string of the molecule is COc1ccc(Cn2ccc(SC3OC(COC(C)=O)C(OC(C)=O)C(=O)C3CN/C=C(\N)c3cc(F)c(F)c(F)c3)cc2=O)cc1. The molecule has 3 N–H and O–H groups in total. The van der Waals surface area contributed by atoms with Gasteiger partial charge in [-0.15, -0.1) is 0 Å². The van der Waals surface area contributed by atoms with Crippen LogP contribution >= 0.6 is 11.8 Å². The monoisotopic (exact) mass is 675 g/mol. The van der Waals surface area contributed by atoms with Gasteiger partial charge in [-0.25, -0.2) is 13.2 Å². The summed E-state index contributed by atoms with van der Waals surface area (Å²) in [6, 6.07) is 11.7. The van der Waals surface area contributed by atoms with Gasteiger partial charge in [0.15, 0.2) is 29.3 Å². The average molecular weight is 676 g/mol. The van der Waals surface area contributed by atoms with Gasteiger partial charge in [0, 0.05) is 49.3 Å². The molecule has 0 aliphatic carbocycles. The zero-order chi connectivity index (χ0) is 34.2. The van der Waals surface area contributed by atoms with E-state index in [-0.39, 0.29) is 23.4 Å². The number of nitrogens with two attached hydrogens (primary N) is 1. The minimum Gasteiger partial charge on any atom is -0.497 e. The van der Waals surface area contributed by atoms with Crippen molar-refractivity contribution >= 4 is 35.2 Å². The maximum atomic E-state index is 13.7. The Bertz CT molecular complexity index is 1690. The topological polar surface area (TPSA) is 148 Å². The number of pyridine rings is 1. The molecule has 0 radical (unpaired) electrons. The first kappa shape index (κ1) is 35.1. The van der Waals surface area contributed by atoms with Crippen LogP contribution in [0.2, 0.25) is 0 Å². The van der Waals surface area contributed by atoms with Crippen LogP contribution in [0.25, 0.3) is 5.70 Å². The van der Waals surface area contributed by atoms with Crippen LogP contribution in [0.5, 0.6) is 5.75 Å². The molecule has 0 saturated carbocycles. The lowest BCUT2D eigenvalue weighted by molar-refractivity contribution is -0.185. The lowest BCUT2D eigenvalue weighted by Crippen LogP contribution is -2.56. The second-order valence-corrected chi connectivity index (χ2v) is 11.6. The molecule has 1 aliphatic heterocycles. The fourth-order valence-electron chi connectivity index (χ4n) is 4.67. The van der Waals surface area contributed by atoms with Gasteiger partial charge in [-0.2, -0.15) is 0 Å². The first-order chi connectivity index (χ1) is 22.4. The van der Waals surface area contributed by atoms with E-state index in [4.69, 9.17) is 24.7 Å². The van der Waals surface area contributed by atoms with E-state index in [9.17, 15) is 32.3 Å². The number of ketones is 1. The van der Waals surface area contributed by atoms with Gasteiger partial charge in [-0.3, -0.25) is 19.2 Å². The second-order valence-electron chi connectivity index (χ2n) is 10.4. The molecular formula is C32H32F3N3O8S. The third kappa shape index (κ3) is 9.16. The summed E-state index contributed by atoms with van der Waals surface area (Å²) < 4.78 is 64.0. The Labute approximate surface area is 271 Å². The number of nitrogens with one attached hydrogen (secondary N) is 1. The van der Waals surface area contributed by atoms with Gasteiger partial charge < -0.3 is 34.6 Å². The van der Waals surface area contributed by atoms with Crippen LogP contribution in [0.4, 0.5) is 13.2 Å². The van der Waals surface area contributed by atoms with E-state index in [0.717, 1.165) is 24.2 Å². The van der Waals surface area contributed by atoms with Crippen molar-refractivity contribution in [2.24, 2.45) is 11.7 Å². The fourth-order valence-corrected chi connectivity index (χ4v) is 5.84. The number of rotatable bonds is 12. The Hall–Kier alpha value is -4.76. The first-order valence-electron chi connectivity index (χ1n) is 14.2. The number of esters is 2. The number of aromatic nitrogens is 1. The first-order valence-corrected chi connectivity index (χ1v) is 15.1. The number of thioether (sulfide) groups is 1. The van der Waals surface area contributed by atoms with Gasteiger partial charge in [0.1, 0.15) is 23.9 Å². The predicted octanol–water partition coefficient (Wildman–Crippen LogP) is 3.37. The van der Waals surface area contributed by atoms with Crippen molar-refractivity contribution in [1.82, 2.24) is 9.88 Å². The molecule has 1 fully saturated rings. The summed E-state index contributed by atoms with van der Waals surface area (Å²) in [6.45, 7) is 2.00. The highest BCUT2D eigenvalue weighted by Crippen LogP contribution is 2.36. The number of ether oxygens (including phenoxy) is 4. The van der Waals surface area contributed by atoms with E-state index in [1.807, 2.05) is 12.1 Å². The lowest BCUT2D eigenvalue weighted by atomic mass is 9.93. The van der Waals surface area contributed by atoms with Gasteiger partial charge in [-0.05, 0) is 35.9 Å². The van der Waals surface area contributed by atoms with Gasteiger partial charge >= 0.3 is 11.9 Å². The van der Waals surface area contributed by atoms with E-state index in [2.05, 4.69) is 5.32 Å². The third-order valence-electron chi connectivity index (χ3n) is 7.01. The Morgan fingerprint density at radius 3 is 2.32 bits per heavy atom. The van der Waals surface area contributed by atoms with Crippen LogP contribution in [0, 0.1) is 23.4 Å². The maximum absolute atomic E-state index is 13.7. The molecule has 1 aromatic heterocycles. The summed E-state index contributed by atoms with van der Waals surface area (Å²) in [5.74, 6) is -6.87. The van der Waals surface area contributed by atoms with E-state index in [1.165, 1.54) is 23.8 Å². The number of carbonyl (C=O) groups is 3. The number of nitrogens with zero attached hydrogens (tertiary/aromatic N) is 1. The summed E-state index contributed by atoms with van der Waals surface area (Å²) in [4.78, 5) is 50.6. The molecule has 2 aromatic carbocycles. The van der Waals surface area contributed by atoms with Gasteiger partial charge in [-0.1, -0.05) is 23.9 Å². The molecule has 4 atom stereocenters. The van der Waals surface area contributed by atoms with E-state index in [1.54, 1.807) is 31.5 Å². The fraction of sp³-hybridized carbons (Fsp3) is 0.312. The van der Waals surface area contributed by atoms with Crippen molar-refractivity contribution in [3.05, 3.63) is 99.9 Å². The van der Waals surface area contributed by atoms with Gasteiger partial charge in [0.2, 0.25) is 0 Å². The molecular weight excluding hydrogens is 643 g/mol.